The quantitative estimate of drug-likeness (QED) is 0.532. The summed E-state index contributed by atoms with van der Waals surface area (Å²) >= 11 is 1.46. The Labute approximate surface area is 131 Å². The number of ether oxygens (including phenoxy) is 1. The van der Waals surface area contributed by atoms with Crippen LogP contribution in [-0.4, -0.2) is 27.3 Å². The normalized spacial score (nSPS) is 11.0. The molecule has 0 unspecified atom stereocenters. The van der Waals surface area contributed by atoms with Gasteiger partial charge >= 0.3 is 5.97 Å². The lowest BCUT2D eigenvalue weighted by molar-refractivity contribution is 0.0526. The highest BCUT2D eigenvalue weighted by atomic mass is 32.2. The van der Waals surface area contributed by atoms with Crippen molar-refractivity contribution in [3.05, 3.63) is 41.9 Å². The zero-order chi connectivity index (χ0) is 15.5. The second-order valence-electron chi connectivity index (χ2n) is 4.63. The Hall–Kier alpha value is -2.28. The number of benzene rings is 1. The van der Waals surface area contributed by atoms with E-state index in [1.807, 2.05) is 35.9 Å². The molecule has 0 saturated carbocycles. The van der Waals surface area contributed by atoms with Gasteiger partial charge in [0.25, 0.3) is 0 Å². The molecule has 0 radical (unpaired) electrons. The monoisotopic (exact) mass is 317 g/mol. The van der Waals surface area contributed by atoms with Crippen molar-refractivity contribution in [1.82, 2.24) is 14.8 Å². The van der Waals surface area contributed by atoms with E-state index in [2.05, 4.69) is 10.2 Å². The summed E-state index contributed by atoms with van der Waals surface area (Å²) in [6.07, 6.45) is 1.63. The molecule has 0 fully saturated rings. The number of fused-ring (bicyclic) bond motifs is 1. The van der Waals surface area contributed by atoms with Crippen molar-refractivity contribution in [2.75, 3.05) is 6.61 Å². The fraction of sp³-hybridized carbons (Fsp3) is 0.267. The van der Waals surface area contributed by atoms with Gasteiger partial charge in [-0.2, -0.15) is 0 Å². The Balaban J connectivity index is 1.95. The number of furan rings is 1. The molecule has 0 saturated heterocycles. The highest BCUT2D eigenvalue weighted by Gasteiger charge is 2.22. The molecule has 0 N–H and O–H groups in total. The molecular formula is C15H15N3O3S. The van der Waals surface area contributed by atoms with Gasteiger partial charge in [0.05, 0.1) is 12.4 Å². The summed E-state index contributed by atoms with van der Waals surface area (Å²) in [4.78, 5) is 12.2. The van der Waals surface area contributed by atoms with Crippen molar-refractivity contribution >= 4 is 28.7 Å². The maximum absolute atomic E-state index is 12.2. The second-order valence-corrected chi connectivity index (χ2v) is 5.57. The SMILES string of the molecule is CCOC(=O)c1c(CSc2nncn2C)oc2ccccc12. The van der Waals surface area contributed by atoms with E-state index in [-0.39, 0.29) is 5.97 Å². The molecule has 7 heteroatoms. The van der Waals surface area contributed by atoms with Gasteiger partial charge in [0.15, 0.2) is 5.16 Å². The largest absolute Gasteiger partial charge is 0.462 e. The van der Waals surface area contributed by atoms with Gasteiger partial charge < -0.3 is 13.7 Å². The number of aryl methyl sites for hydroxylation is 1. The van der Waals surface area contributed by atoms with E-state index in [1.54, 1.807) is 13.3 Å². The standard InChI is InChI=1S/C15H15N3O3S/c1-3-20-14(19)13-10-6-4-5-7-11(10)21-12(13)8-22-15-17-16-9-18(15)2/h4-7,9H,3,8H2,1-2H3. The molecule has 0 spiro atoms. The number of hydrogen-bond donors (Lipinski definition) is 0. The molecule has 3 aromatic rings. The maximum atomic E-state index is 12.2. The van der Waals surface area contributed by atoms with Crippen molar-refractivity contribution in [1.29, 1.82) is 0 Å². The zero-order valence-corrected chi connectivity index (χ0v) is 13.1. The van der Waals surface area contributed by atoms with Crippen LogP contribution < -0.4 is 0 Å². The molecule has 3 rings (SSSR count). The van der Waals surface area contributed by atoms with Crippen LogP contribution in [0.2, 0.25) is 0 Å². The summed E-state index contributed by atoms with van der Waals surface area (Å²) in [5.41, 5.74) is 1.17. The Morgan fingerprint density at radius 2 is 2.23 bits per heavy atom. The molecule has 114 valence electrons. The van der Waals surface area contributed by atoms with Gasteiger partial charge in [-0.3, -0.25) is 0 Å². The fourth-order valence-corrected chi connectivity index (χ4v) is 2.98. The Morgan fingerprint density at radius 1 is 1.41 bits per heavy atom. The van der Waals surface area contributed by atoms with E-state index in [0.717, 1.165) is 10.5 Å². The second kappa shape index (κ2) is 6.23. The van der Waals surface area contributed by atoms with Crippen LogP contribution in [0.5, 0.6) is 0 Å². The lowest BCUT2D eigenvalue weighted by Gasteiger charge is -2.03. The van der Waals surface area contributed by atoms with Crippen LogP contribution in [0.4, 0.5) is 0 Å². The van der Waals surface area contributed by atoms with Gasteiger partial charge in [0.1, 0.15) is 23.2 Å². The minimum absolute atomic E-state index is 0.328. The highest BCUT2D eigenvalue weighted by molar-refractivity contribution is 7.98. The predicted octanol–water partition coefficient (Wildman–Crippen LogP) is 3.03. The molecule has 22 heavy (non-hydrogen) atoms. The minimum Gasteiger partial charge on any atom is -0.462 e. The van der Waals surface area contributed by atoms with E-state index in [4.69, 9.17) is 9.15 Å². The summed E-state index contributed by atoms with van der Waals surface area (Å²) in [6, 6.07) is 7.46. The first-order valence-electron chi connectivity index (χ1n) is 6.85. The summed E-state index contributed by atoms with van der Waals surface area (Å²) in [5, 5.41) is 9.38. The van der Waals surface area contributed by atoms with Crippen LogP contribution >= 0.6 is 11.8 Å². The summed E-state index contributed by atoms with van der Waals surface area (Å²) in [7, 11) is 1.87. The van der Waals surface area contributed by atoms with E-state index >= 15 is 0 Å². The maximum Gasteiger partial charge on any atom is 0.342 e. The number of nitrogens with zero attached hydrogens (tertiary/aromatic N) is 3. The van der Waals surface area contributed by atoms with Crippen molar-refractivity contribution in [2.24, 2.45) is 7.05 Å². The Morgan fingerprint density at radius 3 is 2.95 bits per heavy atom. The van der Waals surface area contributed by atoms with Crippen molar-refractivity contribution in [3.8, 4) is 0 Å². The van der Waals surface area contributed by atoms with Crippen LogP contribution in [0.3, 0.4) is 0 Å². The van der Waals surface area contributed by atoms with Crippen LogP contribution in [0, 0.1) is 0 Å². The first kappa shape index (κ1) is 14.6. The molecule has 0 amide bonds. The molecule has 0 aliphatic rings. The summed E-state index contributed by atoms with van der Waals surface area (Å²) < 4.78 is 12.8. The molecular weight excluding hydrogens is 302 g/mol. The zero-order valence-electron chi connectivity index (χ0n) is 12.3. The molecule has 0 bridgehead atoms. The molecule has 0 atom stereocenters. The Bertz CT molecular complexity index is 809. The lowest BCUT2D eigenvalue weighted by Crippen LogP contribution is -2.06. The first-order valence-corrected chi connectivity index (χ1v) is 7.83. The van der Waals surface area contributed by atoms with Crippen LogP contribution in [0.15, 0.2) is 40.2 Å². The molecule has 1 aromatic carbocycles. The van der Waals surface area contributed by atoms with Gasteiger partial charge in [0.2, 0.25) is 0 Å². The van der Waals surface area contributed by atoms with Gasteiger partial charge in [-0.25, -0.2) is 4.79 Å². The third-order valence-corrected chi connectivity index (χ3v) is 4.18. The lowest BCUT2D eigenvalue weighted by atomic mass is 10.1. The number of para-hydroxylation sites is 1. The Kier molecular flexibility index (Phi) is 4.15. The van der Waals surface area contributed by atoms with E-state index in [0.29, 0.717) is 29.3 Å². The third kappa shape index (κ3) is 2.71. The van der Waals surface area contributed by atoms with Crippen LogP contribution in [0.25, 0.3) is 11.0 Å². The first-order chi connectivity index (χ1) is 10.7. The molecule has 6 nitrogen and oxygen atoms in total. The fourth-order valence-electron chi connectivity index (χ4n) is 2.16. The van der Waals surface area contributed by atoms with E-state index in [1.165, 1.54) is 11.8 Å². The number of aromatic nitrogens is 3. The topological polar surface area (TPSA) is 70.2 Å². The number of rotatable bonds is 5. The molecule has 0 aliphatic carbocycles. The number of carbonyl (C=O) groups excluding carboxylic acids is 1. The van der Waals surface area contributed by atoms with Crippen molar-refractivity contribution < 1.29 is 13.9 Å². The molecule has 2 aromatic heterocycles. The molecule has 2 heterocycles. The van der Waals surface area contributed by atoms with Gasteiger partial charge in [-0.1, -0.05) is 30.0 Å². The van der Waals surface area contributed by atoms with E-state index in [9.17, 15) is 4.79 Å². The average Bonchev–Trinajstić information content (AvgIpc) is 3.08. The number of hydrogen-bond acceptors (Lipinski definition) is 6. The molecule has 0 aliphatic heterocycles. The predicted molar refractivity (Wildman–Crippen MR) is 82.7 cm³/mol. The smallest absolute Gasteiger partial charge is 0.342 e. The minimum atomic E-state index is -0.360. The summed E-state index contributed by atoms with van der Waals surface area (Å²) in [6.45, 7) is 2.11. The van der Waals surface area contributed by atoms with Gasteiger partial charge in [-0.15, -0.1) is 10.2 Å². The summed E-state index contributed by atoms with van der Waals surface area (Å²) in [5.74, 6) is 0.712. The van der Waals surface area contributed by atoms with Crippen molar-refractivity contribution in [2.45, 2.75) is 17.8 Å². The third-order valence-electron chi connectivity index (χ3n) is 3.15. The van der Waals surface area contributed by atoms with Crippen molar-refractivity contribution in [3.63, 3.8) is 0 Å². The number of carbonyl (C=O) groups is 1. The van der Waals surface area contributed by atoms with Crippen LogP contribution in [-0.2, 0) is 17.5 Å². The number of thioether (sulfide) groups is 1. The van der Waals surface area contributed by atoms with Gasteiger partial charge in [-0.05, 0) is 13.0 Å². The highest BCUT2D eigenvalue weighted by Crippen LogP contribution is 2.31. The number of esters is 1. The average molecular weight is 317 g/mol. The van der Waals surface area contributed by atoms with Gasteiger partial charge in [0, 0.05) is 12.4 Å². The van der Waals surface area contributed by atoms with Crippen LogP contribution in [0.1, 0.15) is 23.0 Å². The van der Waals surface area contributed by atoms with E-state index < -0.39 is 0 Å².